The lowest BCUT2D eigenvalue weighted by Crippen LogP contribution is -2.41. The van der Waals surface area contributed by atoms with Crippen molar-refractivity contribution in [3.63, 3.8) is 0 Å². The monoisotopic (exact) mass is 399 g/mol. The van der Waals surface area contributed by atoms with E-state index in [1.54, 1.807) is 12.3 Å². The zero-order chi connectivity index (χ0) is 16.8. The van der Waals surface area contributed by atoms with E-state index in [4.69, 9.17) is 0 Å². The molecule has 0 bridgehead atoms. The number of anilines is 1. The van der Waals surface area contributed by atoms with Gasteiger partial charge < -0.3 is 16.0 Å². The highest BCUT2D eigenvalue weighted by Gasteiger charge is 2.24. The Labute approximate surface area is 164 Å². The lowest BCUT2D eigenvalue weighted by Gasteiger charge is -2.18. The third-order valence-electron chi connectivity index (χ3n) is 3.87. The summed E-state index contributed by atoms with van der Waals surface area (Å²) in [6.45, 7) is 1.06. The number of aromatic amines is 1. The third kappa shape index (κ3) is 6.67. The molecule has 1 atom stereocenters. The van der Waals surface area contributed by atoms with E-state index in [1.807, 2.05) is 30.3 Å². The Morgan fingerprint density at radius 3 is 2.50 bits per heavy atom. The first kappa shape index (κ1) is 22.0. The molecule has 0 radical (unpaired) electrons. The lowest BCUT2D eigenvalue weighted by molar-refractivity contribution is -0.126. The smallest absolute Gasteiger partial charge is 0.252 e. The second-order valence-electron chi connectivity index (χ2n) is 5.95. The molecule has 2 amide bonds. The number of nitrogens with one attached hydrogen (secondary N) is 4. The van der Waals surface area contributed by atoms with Gasteiger partial charge in [0.1, 0.15) is 11.9 Å². The summed E-state index contributed by atoms with van der Waals surface area (Å²) < 4.78 is 0. The zero-order valence-electron chi connectivity index (χ0n) is 14.1. The van der Waals surface area contributed by atoms with E-state index in [2.05, 4.69) is 26.1 Å². The minimum absolute atomic E-state index is 0. The number of carbonyl (C=O) groups is 2. The summed E-state index contributed by atoms with van der Waals surface area (Å²) in [5.41, 5.74) is 0.727. The normalized spacial score (nSPS) is 13.7. The first-order chi connectivity index (χ1) is 11.7. The molecule has 9 heteroatoms. The largest absolute Gasteiger partial charge is 0.339 e. The molecule has 3 rings (SSSR count). The summed E-state index contributed by atoms with van der Waals surface area (Å²) in [7, 11) is 0. The average Bonchev–Trinajstić information content (AvgIpc) is 3.27. The van der Waals surface area contributed by atoms with Gasteiger partial charge in [0.15, 0.2) is 0 Å². The molecule has 1 heterocycles. The Hall–Kier alpha value is -2.09. The number of aromatic nitrogens is 2. The number of amides is 2. The van der Waals surface area contributed by atoms with Crippen molar-refractivity contribution in [3.05, 3.63) is 48.2 Å². The van der Waals surface area contributed by atoms with Crippen LogP contribution in [0.4, 0.5) is 5.82 Å². The zero-order valence-corrected chi connectivity index (χ0v) is 15.7. The summed E-state index contributed by atoms with van der Waals surface area (Å²) >= 11 is 0. The lowest BCUT2D eigenvalue weighted by atomic mass is 10.1. The van der Waals surface area contributed by atoms with Crippen molar-refractivity contribution < 1.29 is 9.59 Å². The minimum atomic E-state index is -0.760. The van der Waals surface area contributed by atoms with Crippen molar-refractivity contribution >= 4 is 42.4 Å². The van der Waals surface area contributed by atoms with Crippen molar-refractivity contribution in [2.75, 3.05) is 18.4 Å². The van der Waals surface area contributed by atoms with Crippen LogP contribution in [0.2, 0.25) is 0 Å². The van der Waals surface area contributed by atoms with Crippen LogP contribution in [-0.4, -0.2) is 35.1 Å². The third-order valence-corrected chi connectivity index (χ3v) is 3.87. The Morgan fingerprint density at radius 1 is 1.15 bits per heavy atom. The number of hydrogen-bond acceptors (Lipinski definition) is 4. The number of rotatable bonds is 8. The van der Waals surface area contributed by atoms with E-state index in [9.17, 15) is 9.59 Å². The molecule has 0 aliphatic heterocycles. The molecule has 26 heavy (non-hydrogen) atoms. The van der Waals surface area contributed by atoms with E-state index in [1.165, 1.54) is 12.8 Å². The summed E-state index contributed by atoms with van der Waals surface area (Å²) in [5, 5.41) is 15.1. The number of hydrogen-bond donors (Lipinski definition) is 4. The standard InChI is InChI=1S/C17H21N5O2.2ClH/c23-15(11-18-10-12-6-7-12)21-16(13-4-2-1-3-5-13)17(24)20-14-8-9-19-22-14;;/h1-5,8-9,12,16,18H,6-7,10-11H2,(H,21,23)(H2,19,20,22,24);2*1H. The highest BCUT2D eigenvalue weighted by Crippen LogP contribution is 2.27. The molecule has 1 aliphatic carbocycles. The minimum Gasteiger partial charge on any atom is -0.339 e. The Kier molecular flexibility index (Phi) is 9.12. The van der Waals surface area contributed by atoms with Crippen LogP contribution in [0, 0.1) is 5.92 Å². The van der Waals surface area contributed by atoms with E-state index < -0.39 is 6.04 Å². The summed E-state index contributed by atoms with van der Waals surface area (Å²) in [5.74, 6) is 0.665. The van der Waals surface area contributed by atoms with Gasteiger partial charge in [0, 0.05) is 6.07 Å². The van der Waals surface area contributed by atoms with Crippen LogP contribution in [0.3, 0.4) is 0 Å². The van der Waals surface area contributed by atoms with Crippen LogP contribution in [0.5, 0.6) is 0 Å². The first-order valence-corrected chi connectivity index (χ1v) is 8.07. The Morgan fingerprint density at radius 2 is 1.88 bits per heavy atom. The molecule has 1 saturated carbocycles. The van der Waals surface area contributed by atoms with Crippen LogP contribution in [0.1, 0.15) is 24.4 Å². The molecular formula is C17H23Cl2N5O2. The molecule has 142 valence electrons. The predicted molar refractivity (Wildman–Crippen MR) is 105 cm³/mol. The molecule has 0 saturated heterocycles. The van der Waals surface area contributed by atoms with E-state index in [-0.39, 0.29) is 43.2 Å². The van der Waals surface area contributed by atoms with Gasteiger partial charge in [0.05, 0.1) is 12.7 Å². The maximum absolute atomic E-state index is 12.5. The van der Waals surface area contributed by atoms with Crippen molar-refractivity contribution in [1.82, 2.24) is 20.8 Å². The second-order valence-corrected chi connectivity index (χ2v) is 5.95. The highest BCUT2D eigenvalue weighted by atomic mass is 35.5. The quantitative estimate of drug-likeness (QED) is 0.545. The first-order valence-electron chi connectivity index (χ1n) is 8.07. The molecule has 1 aliphatic rings. The molecular weight excluding hydrogens is 377 g/mol. The number of nitrogens with zero attached hydrogens (tertiary/aromatic N) is 1. The highest BCUT2D eigenvalue weighted by molar-refractivity contribution is 5.97. The van der Waals surface area contributed by atoms with Crippen molar-refractivity contribution in [2.24, 2.45) is 5.92 Å². The maximum atomic E-state index is 12.5. The van der Waals surface area contributed by atoms with Crippen LogP contribution in [0.15, 0.2) is 42.6 Å². The number of halogens is 2. The molecule has 7 nitrogen and oxygen atoms in total. The molecule has 1 fully saturated rings. The van der Waals surface area contributed by atoms with Crippen molar-refractivity contribution in [3.8, 4) is 0 Å². The summed E-state index contributed by atoms with van der Waals surface area (Å²) in [6, 6.07) is 10.1. The van der Waals surface area contributed by atoms with Gasteiger partial charge in [-0.05, 0) is 30.9 Å². The topological polar surface area (TPSA) is 98.9 Å². The van der Waals surface area contributed by atoms with E-state index in [0.717, 1.165) is 12.1 Å². The average molecular weight is 400 g/mol. The van der Waals surface area contributed by atoms with Crippen molar-refractivity contribution in [2.45, 2.75) is 18.9 Å². The molecule has 1 unspecified atom stereocenters. The fraction of sp³-hybridized carbons (Fsp3) is 0.353. The van der Waals surface area contributed by atoms with Crippen LogP contribution >= 0.6 is 24.8 Å². The van der Waals surface area contributed by atoms with Crippen LogP contribution in [0.25, 0.3) is 0 Å². The number of H-pyrrole nitrogens is 1. The Balaban J connectivity index is 0.00000169. The molecule has 2 aromatic rings. The van der Waals surface area contributed by atoms with Gasteiger partial charge in [0.25, 0.3) is 5.91 Å². The fourth-order valence-corrected chi connectivity index (χ4v) is 2.40. The molecule has 4 N–H and O–H groups in total. The van der Waals surface area contributed by atoms with E-state index in [0.29, 0.717) is 11.7 Å². The van der Waals surface area contributed by atoms with Gasteiger partial charge in [0.2, 0.25) is 5.91 Å². The van der Waals surface area contributed by atoms with Gasteiger partial charge in [-0.2, -0.15) is 5.10 Å². The molecule has 1 aromatic heterocycles. The van der Waals surface area contributed by atoms with Gasteiger partial charge in [-0.3, -0.25) is 14.7 Å². The van der Waals surface area contributed by atoms with Gasteiger partial charge >= 0.3 is 0 Å². The number of benzene rings is 1. The van der Waals surface area contributed by atoms with Gasteiger partial charge in [-0.25, -0.2) is 0 Å². The van der Waals surface area contributed by atoms with Crippen LogP contribution in [-0.2, 0) is 9.59 Å². The van der Waals surface area contributed by atoms with Crippen molar-refractivity contribution in [1.29, 1.82) is 0 Å². The summed E-state index contributed by atoms with van der Waals surface area (Å²) in [4.78, 5) is 24.7. The van der Waals surface area contributed by atoms with Crippen LogP contribution < -0.4 is 16.0 Å². The Bertz CT molecular complexity index is 678. The fourth-order valence-electron chi connectivity index (χ4n) is 2.40. The SMILES string of the molecule is Cl.Cl.O=C(CNCC1CC1)NC(C(=O)Nc1ccn[nH]1)c1ccccc1. The van der Waals surface area contributed by atoms with E-state index >= 15 is 0 Å². The molecule has 0 spiro atoms. The predicted octanol–water partition coefficient (Wildman–Crippen LogP) is 2.05. The van der Waals surface area contributed by atoms with Gasteiger partial charge in [-0.1, -0.05) is 30.3 Å². The maximum Gasteiger partial charge on any atom is 0.252 e. The number of carbonyl (C=O) groups excluding carboxylic acids is 2. The second kappa shape index (κ2) is 10.8. The van der Waals surface area contributed by atoms with Gasteiger partial charge in [-0.15, -0.1) is 24.8 Å². The molecule has 1 aromatic carbocycles. The summed E-state index contributed by atoms with van der Waals surface area (Å²) in [6.07, 6.45) is 4.01.